The molecule has 2 aliphatic heterocycles. The molecule has 1 aromatic rings. The Kier molecular flexibility index (Phi) is 2.94. The van der Waals surface area contributed by atoms with Crippen molar-refractivity contribution in [1.82, 2.24) is 4.31 Å². The summed E-state index contributed by atoms with van der Waals surface area (Å²) >= 11 is 0. The number of nitrogen functional groups attached to an aromatic ring is 1. The zero-order valence-corrected chi connectivity index (χ0v) is 11.9. The maximum atomic E-state index is 12.7. The smallest absolute Gasteiger partial charge is 0.304 e. The molecule has 2 heterocycles. The van der Waals surface area contributed by atoms with E-state index >= 15 is 0 Å². The SMILES string of the molecule is CC1Cc2cc(N)ccc2N1S(=O)(=O)N1CCCC1. The molecule has 0 amide bonds. The molecule has 5 nitrogen and oxygen atoms in total. The molecule has 0 aliphatic carbocycles. The van der Waals surface area contributed by atoms with Crippen LogP contribution in [0.1, 0.15) is 25.3 Å². The second-order valence-corrected chi connectivity index (χ2v) is 7.16. The van der Waals surface area contributed by atoms with Crippen LogP contribution in [-0.4, -0.2) is 31.9 Å². The fourth-order valence-electron chi connectivity index (χ4n) is 3.02. The van der Waals surface area contributed by atoms with Crippen LogP contribution < -0.4 is 10.0 Å². The number of hydrogen-bond acceptors (Lipinski definition) is 3. The van der Waals surface area contributed by atoms with E-state index in [9.17, 15) is 8.42 Å². The summed E-state index contributed by atoms with van der Waals surface area (Å²) < 4.78 is 28.6. The minimum Gasteiger partial charge on any atom is -0.399 e. The zero-order valence-electron chi connectivity index (χ0n) is 11.0. The zero-order chi connectivity index (χ0) is 13.6. The predicted molar refractivity (Wildman–Crippen MR) is 76.2 cm³/mol. The molecule has 0 radical (unpaired) electrons. The van der Waals surface area contributed by atoms with Gasteiger partial charge in [-0.05, 0) is 49.9 Å². The molecule has 2 N–H and O–H groups in total. The van der Waals surface area contributed by atoms with Gasteiger partial charge in [0.1, 0.15) is 0 Å². The number of nitrogens with two attached hydrogens (primary N) is 1. The van der Waals surface area contributed by atoms with Crippen molar-refractivity contribution >= 4 is 21.6 Å². The first kappa shape index (κ1) is 12.7. The molecule has 104 valence electrons. The summed E-state index contributed by atoms with van der Waals surface area (Å²) in [5.41, 5.74) is 8.27. The molecule has 6 heteroatoms. The summed E-state index contributed by atoms with van der Waals surface area (Å²) in [6.45, 7) is 3.22. The summed E-state index contributed by atoms with van der Waals surface area (Å²) in [6.07, 6.45) is 2.64. The molecular formula is C13H19N3O2S. The molecule has 0 spiro atoms. The molecule has 3 rings (SSSR count). The summed E-state index contributed by atoms with van der Waals surface area (Å²) in [5.74, 6) is 0. The predicted octanol–water partition coefficient (Wildman–Crippen LogP) is 1.36. The van der Waals surface area contributed by atoms with E-state index in [-0.39, 0.29) is 6.04 Å². The molecule has 1 aromatic carbocycles. The van der Waals surface area contributed by atoms with Crippen molar-refractivity contribution in [3.05, 3.63) is 23.8 Å². The van der Waals surface area contributed by atoms with Crippen molar-refractivity contribution in [2.45, 2.75) is 32.2 Å². The highest BCUT2D eigenvalue weighted by Gasteiger charge is 2.39. The van der Waals surface area contributed by atoms with Crippen molar-refractivity contribution in [2.24, 2.45) is 0 Å². The van der Waals surface area contributed by atoms with E-state index in [1.54, 1.807) is 14.7 Å². The van der Waals surface area contributed by atoms with Crippen LogP contribution in [0.2, 0.25) is 0 Å². The normalized spacial score (nSPS) is 23.8. The Morgan fingerprint density at radius 2 is 1.95 bits per heavy atom. The minimum absolute atomic E-state index is 0.0394. The van der Waals surface area contributed by atoms with Gasteiger partial charge in [-0.2, -0.15) is 12.7 Å². The monoisotopic (exact) mass is 281 g/mol. The van der Waals surface area contributed by atoms with E-state index in [2.05, 4.69) is 0 Å². The number of hydrogen-bond donors (Lipinski definition) is 1. The molecule has 2 aliphatic rings. The van der Waals surface area contributed by atoms with Crippen LogP contribution >= 0.6 is 0 Å². The Morgan fingerprint density at radius 3 is 2.63 bits per heavy atom. The summed E-state index contributed by atoms with van der Waals surface area (Å²) in [4.78, 5) is 0. The van der Waals surface area contributed by atoms with E-state index in [0.29, 0.717) is 18.8 Å². The van der Waals surface area contributed by atoms with Gasteiger partial charge in [0, 0.05) is 24.8 Å². The highest BCUT2D eigenvalue weighted by atomic mass is 32.2. The van der Waals surface area contributed by atoms with Gasteiger partial charge in [0.15, 0.2) is 0 Å². The Morgan fingerprint density at radius 1 is 1.26 bits per heavy atom. The highest BCUT2D eigenvalue weighted by Crippen LogP contribution is 2.37. The molecule has 0 bridgehead atoms. The first-order valence-electron chi connectivity index (χ1n) is 6.68. The second kappa shape index (κ2) is 4.38. The quantitative estimate of drug-likeness (QED) is 0.832. The molecule has 1 saturated heterocycles. The van der Waals surface area contributed by atoms with Gasteiger partial charge in [-0.1, -0.05) is 0 Å². The average molecular weight is 281 g/mol. The van der Waals surface area contributed by atoms with E-state index in [1.807, 2.05) is 19.1 Å². The number of nitrogens with zero attached hydrogens (tertiary/aromatic N) is 2. The van der Waals surface area contributed by atoms with Crippen molar-refractivity contribution in [3.63, 3.8) is 0 Å². The van der Waals surface area contributed by atoms with Crippen molar-refractivity contribution < 1.29 is 8.42 Å². The molecule has 1 unspecified atom stereocenters. The minimum atomic E-state index is -3.39. The maximum absolute atomic E-state index is 12.7. The molecule has 19 heavy (non-hydrogen) atoms. The lowest BCUT2D eigenvalue weighted by molar-refractivity contribution is 0.469. The molecule has 1 fully saturated rings. The number of anilines is 2. The molecule has 1 atom stereocenters. The summed E-state index contributed by atoms with van der Waals surface area (Å²) in [5, 5.41) is 0. The van der Waals surface area contributed by atoms with Crippen LogP contribution in [0.3, 0.4) is 0 Å². The summed E-state index contributed by atoms with van der Waals surface area (Å²) in [6, 6.07) is 5.43. The number of rotatable bonds is 2. The Hall–Kier alpha value is -1.27. The van der Waals surface area contributed by atoms with Crippen LogP contribution in [-0.2, 0) is 16.6 Å². The van der Waals surface area contributed by atoms with Crippen LogP contribution in [0.4, 0.5) is 11.4 Å². The third kappa shape index (κ3) is 1.99. The van der Waals surface area contributed by atoms with E-state index in [0.717, 1.165) is 30.5 Å². The third-order valence-corrected chi connectivity index (χ3v) is 5.97. The largest absolute Gasteiger partial charge is 0.399 e. The average Bonchev–Trinajstić information content (AvgIpc) is 2.94. The number of benzene rings is 1. The van der Waals surface area contributed by atoms with Crippen LogP contribution in [0.5, 0.6) is 0 Å². The highest BCUT2D eigenvalue weighted by molar-refractivity contribution is 7.90. The first-order valence-corrected chi connectivity index (χ1v) is 8.08. The van der Waals surface area contributed by atoms with Crippen molar-refractivity contribution in [1.29, 1.82) is 0 Å². The van der Waals surface area contributed by atoms with Gasteiger partial charge in [0.05, 0.1) is 5.69 Å². The van der Waals surface area contributed by atoms with E-state index in [4.69, 9.17) is 5.73 Å². The summed E-state index contributed by atoms with van der Waals surface area (Å²) in [7, 11) is -3.39. The standard InChI is InChI=1S/C13H19N3O2S/c1-10-8-11-9-12(14)4-5-13(11)16(10)19(17,18)15-6-2-3-7-15/h4-5,9-10H,2-3,6-8,14H2,1H3. The Bertz CT molecular complexity index is 594. The van der Waals surface area contributed by atoms with Gasteiger partial charge in [-0.3, -0.25) is 4.31 Å². The Balaban J connectivity index is 2.02. The van der Waals surface area contributed by atoms with Crippen molar-refractivity contribution in [3.8, 4) is 0 Å². The van der Waals surface area contributed by atoms with Gasteiger partial charge in [-0.25, -0.2) is 0 Å². The van der Waals surface area contributed by atoms with Crippen LogP contribution in [0, 0.1) is 0 Å². The van der Waals surface area contributed by atoms with Gasteiger partial charge in [0.25, 0.3) is 0 Å². The second-order valence-electron chi connectivity index (χ2n) is 5.35. The van der Waals surface area contributed by atoms with Crippen molar-refractivity contribution in [2.75, 3.05) is 23.1 Å². The van der Waals surface area contributed by atoms with Gasteiger partial charge in [-0.15, -0.1) is 0 Å². The fourth-order valence-corrected chi connectivity index (χ4v) is 4.94. The lowest BCUT2D eigenvalue weighted by Crippen LogP contribution is -2.45. The molecular weight excluding hydrogens is 262 g/mol. The lowest BCUT2D eigenvalue weighted by atomic mass is 10.1. The van der Waals surface area contributed by atoms with E-state index < -0.39 is 10.2 Å². The maximum Gasteiger partial charge on any atom is 0.304 e. The van der Waals surface area contributed by atoms with Crippen LogP contribution in [0.25, 0.3) is 0 Å². The lowest BCUT2D eigenvalue weighted by Gasteiger charge is -2.29. The van der Waals surface area contributed by atoms with Gasteiger partial charge < -0.3 is 5.73 Å². The van der Waals surface area contributed by atoms with Gasteiger partial charge >= 0.3 is 10.2 Å². The fraction of sp³-hybridized carbons (Fsp3) is 0.538. The topological polar surface area (TPSA) is 66.6 Å². The molecule has 0 saturated carbocycles. The molecule has 0 aromatic heterocycles. The van der Waals surface area contributed by atoms with Crippen LogP contribution in [0.15, 0.2) is 18.2 Å². The van der Waals surface area contributed by atoms with Gasteiger partial charge in [0.2, 0.25) is 0 Å². The Labute approximate surface area is 114 Å². The third-order valence-electron chi connectivity index (χ3n) is 3.90. The van der Waals surface area contributed by atoms with E-state index in [1.165, 1.54) is 0 Å². The first-order chi connectivity index (χ1) is 9.00. The number of fused-ring (bicyclic) bond motifs is 1.